The first-order chi connectivity index (χ1) is 12.2. The molecule has 2 N–H and O–H groups in total. The Hall–Kier alpha value is -1.91. The van der Waals surface area contributed by atoms with Gasteiger partial charge in [-0.15, -0.1) is 24.0 Å². The number of guanidine groups is 1. The van der Waals surface area contributed by atoms with Crippen LogP contribution in [-0.2, 0) is 6.54 Å². The van der Waals surface area contributed by atoms with E-state index in [0.717, 1.165) is 24.1 Å². The van der Waals surface area contributed by atoms with Crippen molar-refractivity contribution < 1.29 is 8.78 Å². The van der Waals surface area contributed by atoms with Crippen LogP contribution in [0.2, 0.25) is 0 Å². The zero-order valence-corrected chi connectivity index (χ0v) is 16.8. The van der Waals surface area contributed by atoms with Crippen molar-refractivity contribution in [1.82, 2.24) is 20.2 Å². The van der Waals surface area contributed by atoms with Crippen LogP contribution < -0.4 is 15.5 Å². The summed E-state index contributed by atoms with van der Waals surface area (Å²) in [6.07, 6.45) is 3.63. The molecule has 0 aliphatic carbocycles. The Morgan fingerprint density at radius 2 is 2.12 bits per heavy atom. The molecule has 1 atom stereocenters. The summed E-state index contributed by atoms with van der Waals surface area (Å²) in [5.41, 5.74) is 1.20. The van der Waals surface area contributed by atoms with E-state index >= 15 is 0 Å². The number of aliphatic imine (C=N–C) groups is 1. The molecule has 1 aromatic carbocycles. The molecule has 26 heavy (non-hydrogen) atoms. The first kappa shape index (κ1) is 20.4. The van der Waals surface area contributed by atoms with Crippen LogP contribution in [0.15, 0.2) is 47.7 Å². The Morgan fingerprint density at radius 3 is 2.81 bits per heavy atom. The molecule has 0 amide bonds. The lowest BCUT2D eigenvalue weighted by atomic mass is 10.3. The van der Waals surface area contributed by atoms with Gasteiger partial charge in [0.2, 0.25) is 0 Å². The van der Waals surface area contributed by atoms with Gasteiger partial charge in [-0.2, -0.15) is 8.78 Å². The Labute approximate surface area is 168 Å². The van der Waals surface area contributed by atoms with Gasteiger partial charge < -0.3 is 15.5 Å². The zero-order chi connectivity index (χ0) is 17.6. The van der Waals surface area contributed by atoms with Gasteiger partial charge in [0.1, 0.15) is 5.82 Å². The standard InChI is InChI=1S/C17H22F2N6.HI/c1-20-17(22-11-15-21-8-10-25(15)16(18)19)23-13-7-9-24(12-13)14-5-3-2-4-6-14;/h2-6,8,10,13,16H,7,9,11-12H2,1H3,(H2,20,22,23);1H. The van der Waals surface area contributed by atoms with E-state index in [9.17, 15) is 8.78 Å². The van der Waals surface area contributed by atoms with E-state index in [-0.39, 0.29) is 42.4 Å². The molecule has 1 unspecified atom stereocenters. The van der Waals surface area contributed by atoms with Crippen molar-refractivity contribution in [3.8, 4) is 0 Å². The number of rotatable bonds is 5. The van der Waals surface area contributed by atoms with Gasteiger partial charge in [-0.3, -0.25) is 9.56 Å². The minimum Gasteiger partial charge on any atom is -0.369 e. The number of nitrogens with one attached hydrogen (secondary N) is 2. The second-order valence-electron chi connectivity index (χ2n) is 5.87. The van der Waals surface area contributed by atoms with Crippen molar-refractivity contribution in [3.05, 3.63) is 48.5 Å². The summed E-state index contributed by atoms with van der Waals surface area (Å²) >= 11 is 0. The lowest BCUT2D eigenvalue weighted by Crippen LogP contribution is -2.44. The maximum atomic E-state index is 12.8. The fourth-order valence-corrected chi connectivity index (χ4v) is 2.96. The van der Waals surface area contributed by atoms with E-state index in [2.05, 4.69) is 37.6 Å². The zero-order valence-electron chi connectivity index (χ0n) is 14.5. The molecule has 0 saturated carbocycles. The van der Waals surface area contributed by atoms with E-state index in [0.29, 0.717) is 5.96 Å². The van der Waals surface area contributed by atoms with Gasteiger partial charge in [0.05, 0.1) is 6.54 Å². The highest BCUT2D eigenvalue weighted by Crippen LogP contribution is 2.19. The number of benzene rings is 1. The molecular formula is C17H23F2IN6. The third-order valence-electron chi connectivity index (χ3n) is 4.25. The number of imidazole rings is 1. The van der Waals surface area contributed by atoms with Crippen LogP contribution in [0.25, 0.3) is 0 Å². The van der Waals surface area contributed by atoms with Crippen LogP contribution in [0.1, 0.15) is 18.8 Å². The lowest BCUT2D eigenvalue weighted by molar-refractivity contribution is 0.0668. The summed E-state index contributed by atoms with van der Waals surface area (Å²) in [5.74, 6) is 0.860. The minimum atomic E-state index is -2.59. The minimum absolute atomic E-state index is 0. The molecule has 142 valence electrons. The van der Waals surface area contributed by atoms with E-state index in [4.69, 9.17) is 0 Å². The normalized spacial score (nSPS) is 17.3. The molecule has 1 saturated heterocycles. The molecule has 1 fully saturated rings. The van der Waals surface area contributed by atoms with E-state index < -0.39 is 6.55 Å². The second kappa shape index (κ2) is 9.70. The molecule has 2 aromatic rings. The summed E-state index contributed by atoms with van der Waals surface area (Å²) in [6.45, 7) is -0.569. The van der Waals surface area contributed by atoms with Gasteiger partial charge in [-0.25, -0.2) is 4.98 Å². The summed E-state index contributed by atoms with van der Waals surface area (Å²) in [4.78, 5) is 10.4. The van der Waals surface area contributed by atoms with Crippen LogP contribution in [0.3, 0.4) is 0 Å². The van der Waals surface area contributed by atoms with Crippen molar-refractivity contribution in [2.45, 2.75) is 25.6 Å². The molecule has 1 aliphatic heterocycles. The molecule has 2 heterocycles. The Balaban J connectivity index is 0.00000243. The Kier molecular flexibility index (Phi) is 7.61. The van der Waals surface area contributed by atoms with Crippen molar-refractivity contribution in [2.75, 3.05) is 25.0 Å². The van der Waals surface area contributed by atoms with Crippen LogP contribution in [0.4, 0.5) is 14.5 Å². The van der Waals surface area contributed by atoms with Gasteiger partial charge in [-0.1, -0.05) is 18.2 Å². The predicted octanol–water partition coefficient (Wildman–Crippen LogP) is 2.84. The van der Waals surface area contributed by atoms with E-state index in [1.807, 2.05) is 18.2 Å². The van der Waals surface area contributed by atoms with Gasteiger partial charge in [0.15, 0.2) is 5.96 Å². The lowest BCUT2D eigenvalue weighted by Gasteiger charge is -2.20. The van der Waals surface area contributed by atoms with Gasteiger partial charge >= 0.3 is 6.55 Å². The molecule has 0 spiro atoms. The van der Waals surface area contributed by atoms with Gasteiger partial charge in [0, 0.05) is 44.3 Å². The molecule has 9 heteroatoms. The largest absolute Gasteiger partial charge is 0.369 e. The fourth-order valence-electron chi connectivity index (χ4n) is 2.96. The van der Waals surface area contributed by atoms with Crippen molar-refractivity contribution in [3.63, 3.8) is 0 Å². The SMILES string of the molecule is CN=C(NCc1nccn1C(F)F)NC1CCN(c2ccccc2)C1.I. The fraction of sp³-hybridized carbons (Fsp3) is 0.412. The number of alkyl halides is 2. The van der Waals surface area contributed by atoms with Crippen LogP contribution in [0.5, 0.6) is 0 Å². The van der Waals surface area contributed by atoms with Gasteiger partial charge in [-0.05, 0) is 18.6 Å². The molecule has 0 radical (unpaired) electrons. The average molecular weight is 476 g/mol. The monoisotopic (exact) mass is 476 g/mol. The number of hydrogen-bond donors (Lipinski definition) is 2. The first-order valence-corrected chi connectivity index (χ1v) is 8.24. The van der Waals surface area contributed by atoms with Crippen LogP contribution >= 0.6 is 24.0 Å². The molecule has 6 nitrogen and oxygen atoms in total. The number of aromatic nitrogens is 2. The Morgan fingerprint density at radius 1 is 1.35 bits per heavy atom. The number of hydrogen-bond acceptors (Lipinski definition) is 3. The van der Waals surface area contributed by atoms with Crippen molar-refractivity contribution >= 4 is 35.6 Å². The highest BCUT2D eigenvalue weighted by atomic mass is 127. The maximum absolute atomic E-state index is 12.8. The topological polar surface area (TPSA) is 57.5 Å². The van der Waals surface area contributed by atoms with Crippen molar-refractivity contribution in [1.29, 1.82) is 0 Å². The Bertz CT molecular complexity index is 706. The average Bonchev–Trinajstić information content (AvgIpc) is 3.28. The van der Waals surface area contributed by atoms with Crippen molar-refractivity contribution in [2.24, 2.45) is 4.99 Å². The molecular weight excluding hydrogens is 453 g/mol. The summed E-state index contributed by atoms with van der Waals surface area (Å²) in [7, 11) is 1.67. The quantitative estimate of drug-likeness (QED) is 0.396. The smallest absolute Gasteiger partial charge is 0.319 e. The highest BCUT2D eigenvalue weighted by Gasteiger charge is 2.23. The second-order valence-corrected chi connectivity index (χ2v) is 5.87. The number of halogens is 3. The first-order valence-electron chi connectivity index (χ1n) is 8.24. The van der Waals surface area contributed by atoms with Crippen LogP contribution in [0, 0.1) is 0 Å². The summed E-state index contributed by atoms with van der Waals surface area (Å²) in [6, 6.07) is 10.5. The number of nitrogens with zero attached hydrogens (tertiary/aromatic N) is 4. The third-order valence-corrected chi connectivity index (χ3v) is 4.25. The molecule has 1 aromatic heterocycles. The van der Waals surface area contributed by atoms with Gasteiger partial charge in [0.25, 0.3) is 0 Å². The van der Waals surface area contributed by atoms with E-state index in [1.165, 1.54) is 18.1 Å². The predicted molar refractivity (Wildman–Crippen MR) is 109 cm³/mol. The molecule has 0 bridgehead atoms. The number of anilines is 1. The molecule has 1 aliphatic rings. The van der Waals surface area contributed by atoms with Crippen LogP contribution in [-0.4, -0.2) is 41.7 Å². The highest BCUT2D eigenvalue weighted by molar-refractivity contribution is 14.0. The van der Waals surface area contributed by atoms with E-state index in [1.54, 1.807) is 7.05 Å². The summed E-state index contributed by atoms with van der Waals surface area (Å²) < 4.78 is 26.5. The molecule has 3 rings (SSSR count). The summed E-state index contributed by atoms with van der Waals surface area (Å²) in [5, 5.41) is 6.40. The number of para-hydroxylation sites is 1. The maximum Gasteiger partial charge on any atom is 0.319 e. The third kappa shape index (κ3) is 5.05.